The fourth-order valence-corrected chi connectivity index (χ4v) is 2.69. The van der Waals surface area contributed by atoms with Gasteiger partial charge in [0.15, 0.2) is 0 Å². The largest absolute Gasteiger partial charge is 0.175 e. The topological polar surface area (TPSA) is 0 Å². The zero-order valence-corrected chi connectivity index (χ0v) is 11.7. The van der Waals surface area contributed by atoms with E-state index in [1.165, 1.54) is 32.7 Å². The first-order valence-corrected chi connectivity index (χ1v) is 7.24. The molecule has 0 aliphatic heterocycles. The predicted molar refractivity (Wildman–Crippen MR) is 86.8 cm³/mol. The van der Waals surface area contributed by atoms with Crippen molar-refractivity contribution in [3.05, 3.63) is 59.7 Å². The molecule has 3 rings (SSSR count). The number of hydrogen-bond donors (Lipinski definition) is 2. The number of benzene rings is 3. The Balaban J connectivity index is 2.28. The van der Waals surface area contributed by atoms with Crippen molar-refractivity contribution in [1.29, 1.82) is 0 Å². The maximum absolute atomic E-state index is 4.33. The van der Waals surface area contributed by atoms with Crippen molar-refractivity contribution in [2.24, 2.45) is 0 Å². The van der Waals surface area contributed by atoms with Crippen LogP contribution in [-0.2, 0) is 11.5 Å². The summed E-state index contributed by atoms with van der Waals surface area (Å²) in [7, 11) is 0. The number of thiol groups is 2. The van der Waals surface area contributed by atoms with Gasteiger partial charge in [-0.2, -0.15) is 25.3 Å². The number of hydrogen-bond acceptors (Lipinski definition) is 2. The minimum absolute atomic E-state index is 0.784. The summed E-state index contributed by atoms with van der Waals surface area (Å²) in [6, 6.07) is 17.6. The fraction of sp³-hybridized carbons (Fsp3) is 0.125. The predicted octanol–water partition coefficient (Wildman–Crippen LogP) is 4.85. The molecular weight excluding hydrogens is 256 g/mol. The fourth-order valence-electron chi connectivity index (χ4n) is 2.29. The van der Waals surface area contributed by atoms with Crippen LogP contribution in [0, 0.1) is 0 Å². The summed E-state index contributed by atoms with van der Waals surface area (Å²) >= 11 is 8.65. The molecule has 0 heterocycles. The van der Waals surface area contributed by atoms with Crippen LogP contribution in [0.1, 0.15) is 11.1 Å². The second-order valence-corrected chi connectivity index (χ2v) is 5.16. The first kappa shape index (κ1) is 11.9. The minimum atomic E-state index is 0.784. The average Bonchev–Trinajstić information content (AvgIpc) is 2.43. The Hall–Kier alpha value is -1.12. The van der Waals surface area contributed by atoms with Crippen molar-refractivity contribution < 1.29 is 0 Å². The summed E-state index contributed by atoms with van der Waals surface area (Å²) in [5.74, 6) is 1.57. The number of fused-ring (bicyclic) bond motifs is 2. The minimum Gasteiger partial charge on any atom is -0.175 e. The lowest BCUT2D eigenvalue weighted by atomic mass is 10.0. The van der Waals surface area contributed by atoms with E-state index in [1.807, 2.05) is 0 Å². The van der Waals surface area contributed by atoms with Crippen molar-refractivity contribution in [2.45, 2.75) is 11.5 Å². The summed E-state index contributed by atoms with van der Waals surface area (Å²) in [4.78, 5) is 0. The molecule has 2 heteroatoms. The Morgan fingerprint density at radius 3 is 1.39 bits per heavy atom. The van der Waals surface area contributed by atoms with Crippen LogP contribution in [0.15, 0.2) is 48.5 Å². The van der Waals surface area contributed by atoms with E-state index in [0.29, 0.717) is 0 Å². The molecule has 0 unspecified atom stereocenters. The van der Waals surface area contributed by atoms with Gasteiger partial charge in [0.05, 0.1) is 0 Å². The van der Waals surface area contributed by atoms with Gasteiger partial charge in [0.25, 0.3) is 0 Å². The van der Waals surface area contributed by atoms with Crippen molar-refractivity contribution in [3.63, 3.8) is 0 Å². The molecule has 90 valence electrons. The third-order valence-electron chi connectivity index (χ3n) is 3.29. The first-order chi connectivity index (χ1) is 8.80. The maximum atomic E-state index is 4.33. The standard InChI is InChI=1S/C16H14S2/c17-9-11-1-3-13-7-16-6-12(10-18)2-4-14(16)8-15(13)5-11/h1-8,17-18H,9-10H2. The first-order valence-electron chi connectivity index (χ1n) is 5.97. The highest BCUT2D eigenvalue weighted by atomic mass is 32.1. The second kappa shape index (κ2) is 4.87. The molecule has 0 bridgehead atoms. The Morgan fingerprint density at radius 1 is 0.556 bits per heavy atom. The molecule has 0 saturated carbocycles. The van der Waals surface area contributed by atoms with Gasteiger partial charge in [0, 0.05) is 11.5 Å². The molecule has 0 nitrogen and oxygen atoms in total. The second-order valence-electron chi connectivity index (χ2n) is 4.53. The van der Waals surface area contributed by atoms with Crippen LogP contribution < -0.4 is 0 Å². The van der Waals surface area contributed by atoms with Crippen LogP contribution in [-0.4, -0.2) is 0 Å². The zero-order chi connectivity index (χ0) is 12.5. The molecule has 3 aromatic rings. The van der Waals surface area contributed by atoms with Gasteiger partial charge >= 0.3 is 0 Å². The van der Waals surface area contributed by atoms with E-state index in [-0.39, 0.29) is 0 Å². The lowest BCUT2D eigenvalue weighted by Crippen LogP contribution is -1.82. The third-order valence-corrected chi connectivity index (χ3v) is 4.02. The third kappa shape index (κ3) is 2.11. The Kier molecular flexibility index (Phi) is 3.23. The van der Waals surface area contributed by atoms with E-state index in [1.54, 1.807) is 0 Å². The van der Waals surface area contributed by atoms with E-state index in [0.717, 1.165) is 11.5 Å². The van der Waals surface area contributed by atoms with Crippen LogP contribution in [0.25, 0.3) is 21.5 Å². The normalized spacial score (nSPS) is 11.2. The Bertz CT molecular complexity index is 653. The summed E-state index contributed by atoms with van der Waals surface area (Å²) in [6.07, 6.45) is 0. The lowest BCUT2D eigenvalue weighted by Gasteiger charge is -2.06. The molecule has 0 amide bonds. The molecule has 0 aliphatic carbocycles. The smallest absolute Gasteiger partial charge is 0.0154 e. The molecule has 0 N–H and O–H groups in total. The highest BCUT2D eigenvalue weighted by Gasteiger charge is 2.00. The molecule has 0 saturated heterocycles. The van der Waals surface area contributed by atoms with Crippen LogP contribution in [0.2, 0.25) is 0 Å². The van der Waals surface area contributed by atoms with Gasteiger partial charge in [-0.25, -0.2) is 0 Å². The van der Waals surface area contributed by atoms with E-state index >= 15 is 0 Å². The van der Waals surface area contributed by atoms with E-state index in [4.69, 9.17) is 0 Å². The molecule has 0 aliphatic rings. The molecular formula is C16H14S2. The van der Waals surface area contributed by atoms with Gasteiger partial charge in [0.2, 0.25) is 0 Å². The summed E-state index contributed by atoms with van der Waals surface area (Å²) < 4.78 is 0. The highest BCUT2D eigenvalue weighted by molar-refractivity contribution is 7.79. The van der Waals surface area contributed by atoms with Crippen molar-refractivity contribution in [2.75, 3.05) is 0 Å². The summed E-state index contributed by atoms with van der Waals surface area (Å²) in [5.41, 5.74) is 2.52. The summed E-state index contributed by atoms with van der Waals surface area (Å²) in [6.45, 7) is 0. The quantitative estimate of drug-likeness (QED) is 0.482. The van der Waals surface area contributed by atoms with Gasteiger partial charge in [-0.1, -0.05) is 36.4 Å². The molecule has 0 radical (unpaired) electrons. The van der Waals surface area contributed by atoms with Crippen LogP contribution in [0.5, 0.6) is 0 Å². The van der Waals surface area contributed by atoms with Gasteiger partial charge in [-0.05, 0) is 44.8 Å². The Morgan fingerprint density at radius 2 is 1.00 bits per heavy atom. The van der Waals surface area contributed by atoms with E-state index < -0.39 is 0 Å². The molecule has 0 atom stereocenters. The van der Waals surface area contributed by atoms with Gasteiger partial charge in [-0.15, -0.1) is 0 Å². The molecule has 0 aromatic heterocycles. The Labute approximate surface area is 118 Å². The van der Waals surface area contributed by atoms with E-state index in [9.17, 15) is 0 Å². The van der Waals surface area contributed by atoms with Crippen molar-refractivity contribution in [1.82, 2.24) is 0 Å². The zero-order valence-electron chi connectivity index (χ0n) is 9.93. The van der Waals surface area contributed by atoms with Gasteiger partial charge in [0.1, 0.15) is 0 Å². The molecule has 0 fully saturated rings. The van der Waals surface area contributed by atoms with Crippen molar-refractivity contribution in [3.8, 4) is 0 Å². The average molecular weight is 270 g/mol. The van der Waals surface area contributed by atoms with E-state index in [2.05, 4.69) is 73.8 Å². The van der Waals surface area contributed by atoms with Crippen LogP contribution in [0.3, 0.4) is 0 Å². The van der Waals surface area contributed by atoms with Crippen molar-refractivity contribution >= 4 is 46.8 Å². The molecule has 3 aromatic carbocycles. The number of rotatable bonds is 2. The highest BCUT2D eigenvalue weighted by Crippen LogP contribution is 2.25. The maximum Gasteiger partial charge on any atom is 0.0154 e. The SMILES string of the molecule is SCc1ccc2cc3cc(CS)ccc3cc2c1. The summed E-state index contributed by atoms with van der Waals surface area (Å²) in [5, 5.41) is 5.13. The van der Waals surface area contributed by atoms with Gasteiger partial charge < -0.3 is 0 Å². The van der Waals surface area contributed by atoms with Crippen LogP contribution >= 0.6 is 25.3 Å². The molecule has 0 spiro atoms. The van der Waals surface area contributed by atoms with Gasteiger partial charge in [-0.3, -0.25) is 0 Å². The van der Waals surface area contributed by atoms with Crippen LogP contribution in [0.4, 0.5) is 0 Å². The molecule has 18 heavy (non-hydrogen) atoms. The lowest BCUT2D eigenvalue weighted by molar-refractivity contribution is 1.45. The monoisotopic (exact) mass is 270 g/mol.